The second-order valence-electron chi connectivity index (χ2n) is 3.93. The average molecular weight is 221 g/mol. The van der Waals surface area contributed by atoms with Crippen LogP contribution in [0.2, 0.25) is 0 Å². The summed E-state index contributed by atoms with van der Waals surface area (Å²) >= 11 is 0. The average Bonchev–Trinajstić information content (AvgIpc) is 2.40. The lowest BCUT2D eigenvalue weighted by Gasteiger charge is -2.07. The Bertz CT molecular complexity index is 526. The minimum atomic E-state index is 0.631. The Morgan fingerprint density at radius 1 is 1.00 bits per heavy atom. The van der Waals surface area contributed by atoms with Gasteiger partial charge in [0, 0.05) is 17.7 Å². The zero-order valence-electron chi connectivity index (χ0n) is 9.69. The van der Waals surface area contributed by atoms with Gasteiger partial charge in [0.25, 0.3) is 0 Å². The minimum absolute atomic E-state index is 0.631. The number of rotatable bonds is 4. The summed E-state index contributed by atoms with van der Waals surface area (Å²) in [5, 5.41) is 8.16. The summed E-state index contributed by atoms with van der Waals surface area (Å²) in [5.74, 6) is 0. The molecule has 84 valence electrons. The van der Waals surface area contributed by atoms with Gasteiger partial charge in [-0.1, -0.05) is 67.3 Å². The van der Waals surface area contributed by atoms with Crippen molar-refractivity contribution < 1.29 is 0 Å². The van der Waals surface area contributed by atoms with Crippen molar-refractivity contribution in [3.05, 3.63) is 77.9 Å². The lowest BCUT2D eigenvalue weighted by atomic mass is 9.98. The van der Waals surface area contributed by atoms with E-state index in [-0.39, 0.29) is 0 Å². The molecule has 0 heterocycles. The highest BCUT2D eigenvalue weighted by Crippen LogP contribution is 2.13. The highest BCUT2D eigenvalue weighted by Gasteiger charge is 2.05. The molecule has 0 aliphatic carbocycles. The number of nitrogens with one attached hydrogen (secondary N) is 1. The van der Waals surface area contributed by atoms with Crippen molar-refractivity contribution in [2.75, 3.05) is 0 Å². The Labute approximate surface area is 102 Å². The van der Waals surface area contributed by atoms with Gasteiger partial charge in [0.15, 0.2) is 0 Å². The van der Waals surface area contributed by atoms with Gasteiger partial charge in [0.05, 0.1) is 0 Å². The topological polar surface area (TPSA) is 23.9 Å². The lowest BCUT2D eigenvalue weighted by Crippen LogP contribution is -2.05. The Kier molecular flexibility index (Phi) is 3.51. The van der Waals surface area contributed by atoms with Crippen LogP contribution in [0.15, 0.2) is 61.2 Å². The first kappa shape index (κ1) is 11.3. The highest BCUT2D eigenvalue weighted by molar-refractivity contribution is 6.02. The molecule has 0 unspecified atom stereocenters. The van der Waals surface area contributed by atoms with Crippen molar-refractivity contribution >= 4 is 11.8 Å². The zero-order valence-corrected chi connectivity index (χ0v) is 9.69. The predicted octanol–water partition coefficient (Wildman–Crippen LogP) is 3.94. The molecule has 1 heteroatoms. The van der Waals surface area contributed by atoms with Crippen molar-refractivity contribution in [1.29, 1.82) is 5.41 Å². The van der Waals surface area contributed by atoms with Crippen molar-refractivity contribution in [3.63, 3.8) is 0 Å². The van der Waals surface area contributed by atoms with Crippen LogP contribution in [-0.4, -0.2) is 5.71 Å². The molecule has 0 amide bonds. The fourth-order valence-electron chi connectivity index (χ4n) is 1.85. The number of hydrogen-bond donors (Lipinski definition) is 1. The first-order chi connectivity index (χ1) is 8.31. The molecular formula is C16H15N. The molecule has 0 fully saturated rings. The van der Waals surface area contributed by atoms with Crippen molar-refractivity contribution in [2.24, 2.45) is 0 Å². The normalized spacial score (nSPS) is 9.88. The van der Waals surface area contributed by atoms with Gasteiger partial charge in [-0.2, -0.15) is 0 Å². The van der Waals surface area contributed by atoms with Gasteiger partial charge < -0.3 is 5.41 Å². The second-order valence-corrected chi connectivity index (χ2v) is 3.93. The predicted molar refractivity (Wildman–Crippen MR) is 73.5 cm³/mol. The van der Waals surface area contributed by atoms with Gasteiger partial charge in [-0.05, 0) is 11.1 Å². The molecule has 2 rings (SSSR count). The maximum atomic E-state index is 8.16. The summed E-state index contributed by atoms with van der Waals surface area (Å²) in [6.07, 6.45) is 2.46. The van der Waals surface area contributed by atoms with Crippen LogP contribution in [0.1, 0.15) is 16.7 Å². The molecule has 1 nitrogen and oxygen atoms in total. The quantitative estimate of drug-likeness (QED) is 0.756. The molecule has 0 saturated heterocycles. The van der Waals surface area contributed by atoms with Crippen LogP contribution in [0.3, 0.4) is 0 Å². The monoisotopic (exact) mass is 221 g/mol. The fraction of sp³-hybridized carbons (Fsp3) is 0.0625. The second kappa shape index (κ2) is 5.26. The van der Waals surface area contributed by atoms with Gasteiger partial charge in [-0.15, -0.1) is 0 Å². The van der Waals surface area contributed by atoms with Crippen molar-refractivity contribution in [2.45, 2.75) is 6.42 Å². The zero-order chi connectivity index (χ0) is 12.1. The van der Waals surface area contributed by atoms with Gasteiger partial charge in [0.1, 0.15) is 0 Å². The molecule has 0 spiro atoms. The fourth-order valence-corrected chi connectivity index (χ4v) is 1.85. The van der Waals surface area contributed by atoms with Gasteiger partial charge >= 0.3 is 0 Å². The Balaban J connectivity index is 2.23. The van der Waals surface area contributed by atoms with E-state index < -0.39 is 0 Å². The van der Waals surface area contributed by atoms with Crippen LogP contribution >= 0.6 is 0 Å². The standard InChI is InChI=1S/C16H15N/c1-2-14-10-6-7-11-15(14)16(17)12-13-8-4-3-5-9-13/h2-11,17H,1,12H2. The van der Waals surface area contributed by atoms with E-state index >= 15 is 0 Å². The van der Waals surface area contributed by atoms with Crippen LogP contribution in [0, 0.1) is 5.41 Å². The molecule has 0 radical (unpaired) electrons. The van der Waals surface area contributed by atoms with Gasteiger partial charge in [-0.3, -0.25) is 0 Å². The minimum Gasteiger partial charge on any atom is -0.304 e. The van der Waals surface area contributed by atoms with Crippen LogP contribution in [-0.2, 0) is 6.42 Å². The van der Waals surface area contributed by atoms with E-state index in [1.54, 1.807) is 6.08 Å². The van der Waals surface area contributed by atoms with Crippen molar-refractivity contribution in [1.82, 2.24) is 0 Å². The lowest BCUT2D eigenvalue weighted by molar-refractivity contribution is 1.27. The summed E-state index contributed by atoms with van der Waals surface area (Å²) < 4.78 is 0. The maximum absolute atomic E-state index is 8.16. The number of hydrogen-bond acceptors (Lipinski definition) is 1. The van der Waals surface area contributed by atoms with E-state index in [2.05, 4.69) is 6.58 Å². The van der Waals surface area contributed by atoms with Crippen LogP contribution < -0.4 is 0 Å². The Hall–Kier alpha value is -2.15. The third kappa shape index (κ3) is 2.70. The number of benzene rings is 2. The van der Waals surface area contributed by atoms with E-state index in [1.165, 1.54) is 0 Å². The highest BCUT2D eigenvalue weighted by atomic mass is 14.4. The summed E-state index contributed by atoms with van der Waals surface area (Å²) in [4.78, 5) is 0. The van der Waals surface area contributed by atoms with Crippen LogP contribution in [0.5, 0.6) is 0 Å². The molecule has 17 heavy (non-hydrogen) atoms. The van der Waals surface area contributed by atoms with Crippen molar-refractivity contribution in [3.8, 4) is 0 Å². The maximum Gasteiger partial charge on any atom is 0.0435 e. The summed E-state index contributed by atoms with van der Waals surface area (Å²) in [7, 11) is 0. The first-order valence-electron chi connectivity index (χ1n) is 5.64. The SMILES string of the molecule is C=Cc1ccccc1C(=N)Cc1ccccc1. The van der Waals surface area contributed by atoms with Crippen LogP contribution in [0.25, 0.3) is 6.08 Å². The van der Waals surface area contributed by atoms with E-state index in [9.17, 15) is 0 Å². The summed E-state index contributed by atoms with van der Waals surface area (Å²) in [6, 6.07) is 18.0. The summed E-state index contributed by atoms with van der Waals surface area (Å²) in [6.45, 7) is 3.78. The Morgan fingerprint density at radius 3 is 2.35 bits per heavy atom. The third-order valence-corrected chi connectivity index (χ3v) is 2.73. The molecule has 0 aliphatic heterocycles. The van der Waals surface area contributed by atoms with Gasteiger partial charge in [-0.25, -0.2) is 0 Å². The third-order valence-electron chi connectivity index (χ3n) is 2.73. The molecule has 0 atom stereocenters. The van der Waals surface area contributed by atoms with Crippen LogP contribution in [0.4, 0.5) is 0 Å². The largest absolute Gasteiger partial charge is 0.304 e. The first-order valence-corrected chi connectivity index (χ1v) is 5.64. The van der Waals surface area contributed by atoms with Gasteiger partial charge in [0.2, 0.25) is 0 Å². The molecular weight excluding hydrogens is 206 g/mol. The summed E-state index contributed by atoms with van der Waals surface area (Å²) in [5.41, 5.74) is 3.78. The van der Waals surface area contributed by atoms with E-state index in [0.717, 1.165) is 16.7 Å². The molecule has 0 aliphatic rings. The smallest absolute Gasteiger partial charge is 0.0435 e. The van der Waals surface area contributed by atoms with E-state index in [1.807, 2.05) is 54.6 Å². The molecule has 0 bridgehead atoms. The van der Waals surface area contributed by atoms with E-state index in [4.69, 9.17) is 5.41 Å². The van der Waals surface area contributed by atoms with E-state index in [0.29, 0.717) is 12.1 Å². The molecule has 0 aromatic heterocycles. The molecule has 1 N–H and O–H groups in total. The molecule has 0 saturated carbocycles. The molecule has 2 aromatic rings. The molecule has 2 aromatic carbocycles. The Morgan fingerprint density at radius 2 is 1.65 bits per heavy atom.